The number of hydrogen-bond donors (Lipinski definition) is 1. The van der Waals surface area contributed by atoms with Gasteiger partial charge in [-0.2, -0.15) is 0 Å². The van der Waals surface area contributed by atoms with Gasteiger partial charge in [0.05, 0.1) is 22.8 Å². The molecule has 1 aliphatic heterocycles. The number of nitrogens with one attached hydrogen (secondary N) is 1. The molecule has 0 saturated carbocycles. The molecule has 180 valence electrons. The lowest BCUT2D eigenvalue weighted by Crippen LogP contribution is -2.46. The molecule has 0 spiro atoms. The van der Waals surface area contributed by atoms with Crippen molar-refractivity contribution in [3.8, 4) is 17.0 Å². The molecule has 34 heavy (non-hydrogen) atoms. The van der Waals surface area contributed by atoms with Gasteiger partial charge in [-0.25, -0.2) is 0 Å². The molecular formula is C27H31Cl2N3O2. The Morgan fingerprint density at radius 3 is 2.47 bits per heavy atom. The first-order valence-corrected chi connectivity index (χ1v) is 12.5. The maximum Gasteiger partial charge on any atom is 0.164 e. The number of piperazine rings is 1. The van der Waals surface area contributed by atoms with Gasteiger partial charge < -0.3 is 14.6 Å². The van der Waals surface area contributed by atoms with Crippen LogP contribution in [0.25, 0.3) is 11.3 Å². The fourth-order valence-corrected chi connectivity index (χ4v) is 4.89. The third-order valence-electron chi connectivity index (χ3n) is 6.49. The largest absolute Gasteiger partial charge is 0.497 e. The standard InChI is InChI=1S/C27H31Cl2N3O2/c1-19-22(18-24(30-19)20-9-11-21(34-2)12-10-20)26(33)8-3-4-13-31-14-16-32(17-15-31)25-7-5-6-23(28)27(25)29/h5-7,9-12,18,30H,3-4,8,13-17H2,1-2H3. The number of ether oxygens (including phenoxy) is 1. The summed E-state index contributed by atoms with van der Waals surface area (Å²) in [5.41, 5.74) is 4.72. The number of nitrogens with zero attached hydrogens (tertiary/aromatic N) is 2. The van der Waals surface area contributed by atoms with Gasteiger partial charge in [0.1, 0.15) is 5.75 Å². The highest BCUT2D eigenvalue weighted by Gasteiger charge is 2.20. The molecule has 4 rings (SSSR count). The molecule has 1 aromatic heterocycles. The van der Waals surface area contributed by atoms with Crippen molar-refractivity contribution in [2.45, 2.75) is 26.2 Å². The van der Waals surface area contributed by atoms with Crippen molar-refractivity contribution in [3.05, 3.63) is 69.8 Å². The smallest absolute Gasteiger partial charge is 0.164 e. The molecule has 7 heteroatoms. The Balaban J connectivity index is 1.22. The quantitative estimate of drug-likeness (QED) is 0.270. The molecule has 0 atom stereocenters. The summed E-state index contributed by atoms with van der Waals surface area (Å²) in [5, 5.41) is 1.23. The average molecular weight is 500 g/mol. The van der Waals surface area contributed by atoms with Crippen LogP contribution in [0.4, 0.5) is 5.69 Å². The molecule has 1 fully saturated rings. The van der Waals surface area contributed by atoms with Crippen LogP contribution in [0.1, 0.15) is 35.3 Å². The van der Waals surface area contributed by atoms with Crippen molar-refractivity contribution in [2.75, 3.05) is 44.7 Å². The number of ketones is 1. The summed E-state index contributed by atoms with van der Waals surface area (Å²) in [6.07, 6.45) is 2.47. The van der Waals surface area contributed by atoms with Crippen molar-refractivity contribution in [1.29, 1.82) is 0 Å². The van der Waals surface area contributed by atoms with Gasteiger partial charge in [0.2, 0.25) is 0 Å². The second-order valence-electron chi connectivity index (χ2n) is 8.73. The van der Waals surface area contributed by atoms with E-state index in [-0.39, 0.29) is 5.78 Å². The minimum atomic E-state index is 0.203. The minimum absolute atomic E-state index is 0.203. The number of hydrogen-bond acceptors (Lipinski definition) is 4. The number of rotatable bonds is 9. The predicted octanol–water partition coefficient (Wildman–Crippen LogP) is 6.48. The van der Waals surface area contributed by atoms with Crippen LogP contribution < -0.4 is 9.64 Å². The predicted molar refractivity (Wildman–Crippen MR) is 141 cm³/mol. The van der Waals surface area contributed by atoms with Gasteiger partial charge in [-0.3, -0.25) is 9.69 Å². The lowest BCUT2D eigenvalue weighted by atomic mass is 10.0. The molecule has 5 nitrogen and oxygen atoms in total. The molecule has 1 N–H and O–H groups in total. The van der Waals surface area contributed by atoms with Gasteiger partial charge >= 0.3 is 0 Å². The molecular weight excluding hydrogens is 469 g/mol. The Morgan fingerprint density at radius 1 is 1.03 bits per heavy atom. The third-order valence-corrected chi connectivity index (χ3v) is 7.30. The van der Waals surface area contributed by atoms with Gasteiger partial charge in [0.15, 0.2) is 5.78 Å². The fourth-order valence-electron chi connectivity index (χ4n) is 4.48. The summed E-state index contributed by atoms with van der Waals surface area (Å²) in [7, 11) is 1.65. The SMILES string of the molecule is COc1ccc(-c2cc(C(=O)CCCCN3CCN(c4cccc(Cl)c4Cl)CC3)c(C)[nH]2)cc1. The molecule has 3 aromatic rings. The van der Waals surface area contributed by atoms with Crippen LogP contribution in [0.2, 0.25) is 10.0 Å². The summed E-state index contributed by atoms with van der Waals surface area (Å²) in [5.74, 6) is 1.02. The molecule has 0 unspecified atom stereocenters. The number of H-pyrrole nitrogens is 1. The first-order valence-electron chi connectivity index (χ1n) is 11.7. The van der Waals surface area contributed by atoms with Gasteiger partial charge in [-0.05, 0) is 74.3 Å². The van der Waals surface area contributed by atoms with E-state index in [1.54, 1.807) is 7.11 Å². The van der Waals surface area contributed by atoms with E-state index < -0.39 is 0 Å². The van der Waals surface area contributed by atoms with Crippen LogP contribution in [0, 0.1) is 6.92 Å². The second kappa shape index (κ2) is 11.3. The van der Waals surface area contributed by atoms with E-state index in [9.17, 15) is 4.79 Å². The van der Waals surface area contributed by atoms with E-state index in [0.717, 1.165) is 79.5 Å². The van der Waals surface area contributed by atoms with Crippen LogP contribution in [0.5, 0.6) is 5.75 Å². The minimum Gasteiger partial charge on any atom is -0.497 e. The second-order valence-corrected chi connectivity index (χ2v) is 9.52. The zero-order chi connectivity index (χ0) is 24.1. The van der Waals surface area contributed by atoms with Crippen molar-refractivity contribution in [3.63, 3.8) is 0 Å². The monoisotopic (exact) mass is 499 g/mol. The lowest BCUT2D eigenvalue weighted by Gasteiger charge is -2.36. The zero-order valence-electron chi connectivity index (χ0n) is 19.7. The normalized spacial score (nSPS) is 14.4. The number of halogens is 2. The molecule has 1 aliphatic rings. The summed E-state index contributed by atoms with van der Waals surface area (Å²) < 4.78 is 5.23. The fraction of sp³-hybridized carbons (Fsp3) is 0.370. The van der Waals surface area contributed by atoms with E-state index in [0.29, 0.717) is 16.5 Å². The highest BCUT2D eigenvalue weighted by Crippen LogP contribution is 2.33. The van der Waals surface area contributed by atoms with Crippen LogP contribution >= 0.6 is 23.2 Å². The Labute approximate surface area is 211 Å². The van der Waals surface area contributed by atoms with Crippen molar-refractivity contribution in [1.82, 2.24) is 9.88 Å². The molecule has 0 aliphatic carbocycles. The number of aromatic nitrogens is 1. The number of benzene rings is 2. The van der Waals surface area contributed by atoms with Gasteiger partial charge in [0, 0.05) is 49.6 Å². The molecule has 2 aromatic carbocycles. The molecule has 1 saturated heterocycles. The Hall–Kier alpha value is -2.47. The highest BCUT2D eigenvalue weighted by molar-refractivity contribution is 6.43. The first-order chi connectivity index (χ1) is 16.5. The topological polar surface area (TPSA) is 48.6 Å². The number of aryl methyl sites for hydroxylation is 1. The van der Waals surface area contributed by atoms with Crippen molar-refractivity contribution >= 4 is 34.7 Å². The average Bonchev–Trinajstić information content (AvgIpc) is 3.25. The van der Waals surface area contributed by atoms with Crippen molar-refractivity contribution in [2.24, 2.45) is 0 Å². The van der Waals surface area contributed by atoms with E-state index in [4.69, 9.17) is 27.9 Å². The number of anilines is 1. The van der Waals surface area contributed by atoms with E-state index in [1.165, 1.54) is 0 Å². The third kappa shape index (κ3) is 5.77. The highest BCUT2D eigenvalue weighted by atomic mass is 35.5. The number of carbonyl (C=O) groups excluding carboxylic acids is 1. The van der Waals surface area contributed by atoms with Crippen LogP contribution in [0.15, 0.2) is 48.5 Å². The number of Topliss-reactive ketones (excluding diaryl/α,β-unsaturated/α-hetero) is 1. The Kier molecular flexibility index (Phi) is 8.19. The lowest BCUT2D eigenvalue weighted by molar-refractivity contribution is 0.0977. The van der Waals surface area contributed by atoms with Crippen LogP contribution in [-0.2, 0) is 0 Å². The van der Waals surface area contributed by atoms with Crippen LogP contribution in [-0.4, -0.2) is 55.5 Å². The maximum atomic E-state index is 12.8. The molecule has 0 amide bonds. The number of carbonyl (C=O) groups is 1. The van der Waals surface area contributed by atoms with E-state index in [1.807, 2.05) is 55.5 Å². The molecule has 0 bridgehead atoms. The van der Waals surface area contributed by atoms with Gasteiger partial charge in [-0.1, -0.05) is 29.3 Å². The number of aromatic amines is 1. The summed E-state index contributed by atoms with van der Waals surface area (Å²) in [6, 6.07) is 15.6. The zero-order valence-corrected chi connectivity index (χ0v) is 21.3. The molecule has 0 radical (unpaired) electrons. The Morgan fingerprint density at radius 2 is 1.76 bits per heavy atom. The molecule has 2 heterocycles. The maximum absolute atomic E-state index is 12.8. The summed E-state index contributed by atoms with van der Waals surface area (Å²) in [6.45, 7) is 6.79. The van der Waals surface area contributed by atoms with E-state index >= 15 is 0 Å². The number of methoxy groups -OCH3 is 1. The summed E-state index contributed by atoms with van der Waals surface area (Å²) in [4.78, 5) is 20.9. The number of unbranched alkanes of at least 4 members (excludes halogenated alkanes) is 1. The van der Waals surface area contributed by atoms with E-state index in [2.05, 4.69) is 14.8 Å². The van der Waals surface area contributed by atoms with Crippen molar-refractivity contribution < 1.29 is 9.53 Å². The van der Waals surface area contributed by atoms with Gasteiger partial charge in [0.25, 0.3) is 0 Å². The Bertz CT molecular complexity index is 1120. The van der Waals surface area contributed by atoms with Gasteiger partial charge in [-0.15, -0.1) is 0 Å². The summed E-state index contributed by atoms with van der Waals surface area (Å²) >= 11 is 12.5. The first kappa shape index (κ1) is 24.6. The van der Waals surface area contributed by atoms with Crippen LogP contribution in [0.3, 0.4) is 0 Å².